The molecule has 0 saturated heterocycles. The number of hydrogen-bond donors (Lipinski definition) is 0. The number of pyridine rings is 1. The first-order valence-corrected chi connectivity index (χ1v) is 11.1. The summed E-state index contributed by atoms with van der Waals surface area (Å²) in [6, 6.07) is 21.1. The van der Waals surface area contributed by atoms with Gasteiger partial charge in [-0.25, -0.2) is 4.98 Å². The van der Waals surface area contributed by atoms with Crippen molar-refractivity contribution in [2.75, 3.05) is 5.75 Å². The molecule has 3 heteroatoms. The van der Waals surface area contributed by atoms with Crippen molar-refractivity contribution in [1.29, 1.82) is 5.26 Å². The Morgan fingerprint density at radius 1 is 0.867 bits per heavy atom. The highest BCUT2D eigenvalue weighted by atomic mass is 32.2. The van der Waals surface area contributed by atoms with Gasteiger partial charge in [-0.2, -0.15) is 5.26 Å². The van der Waals surface area contributed by atoms with Gasteiger partial charge in [0.25, 0.3) is 0 Å². The quantitative estimate of drug-likeness (QED) is 0.380. The number of aryl methyl sites for hydroxylation is 2. The van der Waals surface area contributed by atoms with Crippen LogP contribution in [0.5, 0.6) is 0 Å². The highest BCUT2D eigenvalue weighted by molar-refractivity contribution is 7.99. The van der Waals surface area contributed by atoms with E-state index in [2.05, 4.69) is 87.5 Å². The van der Waals surface area contributed by atoms with Gasteiger partial charge in [0.15, 0.2) is 0 Å². The zero-order valence-electron chi connectivity index (χ0n) is 17.7. The molecular weight excluding hydrogens is 384 g/mol. The summed E-state index contributed by atoms with van der Waals surface area (Å²) in [5, 5.41) is 10.6. The molecule has 150 valence electrons. The summed E-state index contributed by atoms with van der Waals surface area (Å²) >= 11 is 1.65. The van der Waals surface area contributed by atoms with Gasteiger partial charge >= 0.3 is 0 Å². The van der Waals surface area contributed by atoms with Crippen molar-refractivity contribution in [3.63, 3.8) is 0 Å². The molecule has 2 nitrogen and oxygen atoms in total. The molecule has 0 atom stereocenters. The fourth-order valence-electron chi connectivity index (χ4n) is 2.92. The van der Waals surface area contributed by atoms with Crippen molar-refractivity contribution in [2.45, 2.75) is 32.2 Å². The van der Waals surface area contributed by atoms with E-state index in [4.69, 9.17) is 4.98 Å². The lowest BCUT2D eigenvalue weighted by molar-refractivity contribution is 1.06. The fourth-order valence-corrected chi connectivity index (χ4v) is 3.79. The molecule has 0 radical (unpaired) electrons. The Bertz CT molecular complexity index is 1090. The molecule has 0 aliphatic heterocycles. The van der Waals surface area contributed by atoms with E-state index in [1.807, 2.05) is 18.2 Å². The summed E-state index contributed by atoms with van der Waals surface area (Å²) in [7, 11) is 0. The maximum atomic E-state index is 9.80. The van der Waals surface area contributed by atoms with Crippen LogP contribution in [-0.2, 0) is 0 Å². The molecule has 0 aliphatic carbocycles. The molecule has 0 amide bonds. The van der Waals surface area contributed by atoms with Crippen LogP contribution in [0.25, 0.3) is 24.3 Å². The lowest BCUT2D eigenvalue weighted by Crippen LogP contribution is -1.95. The highest BCUT2D eigenvalue weighted by Crippen LogP contribution is 2.27. The van der Waals surface area contributed by atoms with E-state index in [9.17, 15) is 5.26 Å². The van der Waals surface area contributed by atoms with Crippen molar-refractivity contribution in [3.8, 4) is 6.07 Å². The monoisotopic (exact) mass is 410 g/mol. The Balaban J connectivity index is 1.98. The first kappa shape index (κ1) is 21.6. The van der Waals surface area contributed by atoms with Crippen LogP contribution in [0.2, 0.25) is 0 Å². The van der Waals surface area contributed by atoms with Crippen LogP contribution in [0.1, 0.15) is 52.4 Å². The Morgan fingerprint density at radius 2 is 1.43 bits per heavy atom. The van der Waals surface area contributed by atoms with E-state index in [1.165, 1.54) is 11.1 Å². The minimum absolute atomic E-state index is 0.643. The molecule has 2 aromatic carbocycles. The topological polar surface area (TPSA) is 36.7 Å². The Morgan fingerprint density at radius 3 is 1.97 bits per heavy atom. The minimum Gasteiger partial charge on any atom is -0.241 e. The van der Waals surface area contributed by atoms with Crippen LogP contribution in [0.4, 0.5) is 0 Å². The van der Waals surface area contributed by atoms with Gasteiger partial charge in [0.05, 0.1) is 11.3 Å². The molecule has 0 fully saturated rings. The molecule has 0 bridgehead atoms. The minimum atomic E-state index is 0.643. The van der Waals surface area contributed by atoms with Crippen LogP contribution in [0.15, 0.2) is 59.6 Å². The van der Waals surface area contributed by atoms with Gasteiger partial charge in [0.1, 0.15) is 11.1 Å². The van der Waals surface area contributed by atoms with Crippen molar-refractivity contribution < 1.29 is 0 Å². The second kappa shape index (κ2) is 10.6. The summed E-state index contributed by atoms with van der Waals surface area (Å²) in [5.74, 6) is 0.938. The normalized spacial score (nSPS) is 11.3. The molecule has 0 aliphatic rings. The number of benzene rings is 2. The van der Waals surface area contributed by atoms with E-state index in [0.29, 0.717) is 5.56 Å². The van der Waals surface area contributed by atoms with Gasteiger partial charge in [0.2, 0.25) is 0 Å². The molecule has 0 unspecified atom stereocenters. The zero-order chi connectivity index (χ0) is 21.3. The number of aromatic nitrogens is 1. The van der Waals surface area contributed by atoms with E-state index in [-0.39, 0.29) is 0 Å². The molecule has 0 saturated carbocycles. The highest BCUT2D eigenvalue weighted by Gasteiger charge is 2.10. The first-order chi connectivity index (χ1) is 14.6. The van der Waals surface area contributed by atoms with Crippen molar-refractivity contribution >= 4 is 36.1 Å². The molecule has 1 heterocycles. The number of thioether (sulfide) groups is 1. The number of nitrogens with zero attached hydrogens (tertiary/aromatic N) is 2. The van der Waals surface area contributed by atoms with Gasteiger partial charge < -0.3 is 0 Å². The summed E-state index contributed by atoms with van der Waals surface area (Å²) < 4.78 is 0. The third-order valence-corrected chi connectivity index (χ3v) is 5.83. The summed E-state index contributed by atoms with van der Waals surface area (Å²) in [5.41, 5.74) is 7.12. The predicted molar refractivity (Wildman–Crippen MR) is 130 cm³/mol. The van der Waals surface area contributed by atoms with E-state index >= 15 is 0 Å². The van der Waals surface area contributed by atoms with Gasteiger partial charge in [-0.1, -0.05) is 84.8 Å². The Hall–Kier alpha value is -3.09. The Kier molecular flexibility index (Phi) is 7.65. The van der Waals surface area contributed by atoms with E-state index in [0.717, 1.165) is 39.6 Å². The van der Waals surface area contributed by atoms with Crippen LogP contribution >= 0.6 is 11.8 Å². The van der Waals surface area contributed by atoms with Crippen LogP contribution in [0, 0.1) is 25.2 Å². The lowest BCUT2D eigenvalue weighted by atomic mass is 10.1. The average Bonchev–Trinajstić information content (AvgIpc) is 2.76. The third-order valence-electron chi connectivity index (χ3n) is 4.65. The van der Waals surface area contributed by atoms with E-state index in [1.54, 1.807) is 11.8 Å². The standard InChI is InChI=1S/C27H26N2S/c1-4-17-30-27-26(19-28)24(15-13-22-9-5-20(2)6-10-22)18-25(29-27)16-14-23-11-7-21(3)8-12-23/h5-16,18H,4,17H2,1-3H3/b15-13?,16-14+. The van der Waals surface area contributed by atoms with Crippen LogP contribution in [-0.4, -0.2) is 10.7 Å². The number of rotatable bonds is 7. The molecule has 3 aromatic rings. The predicted octanol–water partition coefficient (Wildman–Crippen LogP) is 7.41. The van der Waals surface area contributed by atoms with Gasteiger partial charge in [-0.3, -0.25) is 0 Å². The van der Waals surface area contributed by atoms with Gasteiger partial charge in [0, 0.05) is 0 Å². The summed E-state index contributed by atoms with van der Waals surface area (Å²) in [6.07, 6.45) is 9.19. The fraction of sp³-hybridized carbons (Fsp3) is 0.185. The molecule has 30 heavy (non-hydrogen) atoms. The van der Waals surface area contributed by atoms with Crippen molar-refractivity contribution in [2.24, 2.45) is 0 Å². The smallest absolute Gasteiger partial charge is 0.115 e. The third kappa shape index (κ3) is 5.95. The lowest BCUT2D eigenvalue weighted by Gasteiger charge is -2.08. The van der Waals surface area contributed by atoms with Gasteiger partial charge in [-0.15, -0.1) is 11.8 Å². The first-order valence-electron chi connectivity index (χ1n) is 10.2. The Labute approximate surface area is 184 Å². The van der Waals surface area contributed by atoms with E-state index < -0.39 is 0 Å². The average molecular weight is 411 g/mol. The SMILES string of the molecule is CCCSc1nc(/C=C/c2ccc(C)cc2)cc(C=Cc2ccc(C)cc2)c1C#N. The molecular formula is C27H26N2S. The molecule has 0 spiro atoms. The maximum absolute atomic E-state index is 9.80. The second-order valence-electron chi connectivity index (χ2n) is 7.26. The second-order valence-corrected chi connectivity index (χ2v) is 8.35. The molecule has 3 rings (SSSR count). The van der Waals surface area contributed by atoms with Crippen LogP contribution < -0.4 is 0 Å². The number of hydrogen-bond acceptors (Lipinski definition) is 3. The van der Waals surface area contributed by atoms with Gasteiger partial charge in [-0.05, 0) is 54.9 Å². The molecule has 0 N–H and O–H groups in total. The maximum Gasteiger partial charge on any atom is 0.115 e. The van der Waals surface area contributed by atoms with Crippen molar-refractivity contribution in [3.05, 3.63) is 93.7 Å². The van der Waals surface area contributed by atoms with Crippen LogP contribution in [0.3, 0.4) is 0 Å². The largest absolute Gasteiger partial charge is 0.241 e. The summed E-state index contributed by atoms with van der Waals surface area (Å²) in [4.78, 5) is 4.76. The molecule has 1 aromatic heterocycles. The summed E-state index contributed by atoms with van der Waals surface area (Å²) in [6.45, 7) is 6.30. The van der Waals surface area contributed by atoms with Crippen molar-refractivity contribution in [1.82, 2.24) is 4.98 Å². The number of nitriles is 1. The zero-order valence-corrected chi connectivity index (χ0v) is 18.5.